The third kappa shape index (κ3) is 2.05. The standard InChI is InChI=1S/C13H14N2/c1-10-12(8-14)7-13(9-15-10)11-5-3-2-4-6-11/h2-7,9H,8,14H2,1H3. The Morgan fingerprint density at radius 3 is 2.53 bits per heavy atom. The molecule has 0 radical (unpaired) electrons. The van der Waals surface area contributed by atoms with Crippen molar-refractivity contribution in [2.24, 2.45) is 5.73 Å². The summed E-state index contributed by atoms with van der Waals surface area (Å²) in [6.07, 6.45) is 1.89. The molecule has 2 aromatic rings. The van der Waals surface area contributed by atoms with E-state index in [0.29, 0.717) is 6.54 Å². The third-order valence-corrected chi connectivity index (χ3v) is 2.52. The van der Waals surface area contributed by atoms with Gasteiger partial charge in [-0.2, -0.15) is 0 Å². The number of rotatable bonds is 2. The average molecular weight is 198 g/mol. The Hall–Kier alpha value is -1.67. The summed E-state index contributed by atoms with van der Waals surface area (Å²) in [7, 11) is 0. The van der Waals surface area contributed by atoms with E-state index in [1.54, 1.807) is 0 Å². The SMILES string of the molecule is Cc1ncc(-c2ccccc2)cc1CN. The molecular formula is C13H14N2. The molecule has 0 aliphatic carbocycles. The van der Waals surface area contributed by atoms with E-state index in [1.165, 1.54) is 5.56 Å². The second-order valence-corrected chi connectivity index (χ2v) is 3.54. The molecule has 1 aromatic carbocycles. The number of hydrogen-bond donors (Lipinski definition) is 1. The van der Waals surface area contributed by atoms with Crippen LogP contribution in [-0.4, -0.2) is 4.98 Å². The maximum Gasteiger partial charge on any atom is 0.0417 e. The van der Waals surface area contributed by atoms with Gasteiger partial charge in [-0.05, 0) is 24.1 Å². The minimum absolute atomic E-state index is 0.541. The Bertz CT molecular complexity index is 449. The topological polar surface area (TPSA) is 38.9 Å². The highest BCUT2D eigenvalue weighted by Crippen LogP contribution is 2.20. The van der Waals surface area contributed by atoms with Crippen molar-refractivity contribution in [2.75, 3.05) is 0 Å². The fraction of sp³-hybridized carbons (Fsp3) is 0.154. The van der Waals surface area contributed by atoms with Gasteiger partial charge >= 0.3 is 0 Å². The molecular weight excluding hydrogens is 184 g/mol. The lowest BCUT2D eigenvalue weighted by Gasteiger charge is -2.06. The molecule has 0 saturated carbocycles. The predicted octanol–water partition coefficient (Wildman–Crippen LogP) is 2.52. The summed E-state index contributed by atoms with van der Waals surface area (Å²) >= 11 is 0. The van der Waals surface area contributed by atoms with Gasteiger partial charge in [0.15, 0.2) is 0 Å². The number of nitrogens with zero attached hydrogens (tertiary/aromatic N) is 1. The average Bonchev–Trinajstić information content (AvgIpc) is 2.31. The van der Waals surface area contributed by atoms with Gasteiger partial charge in [-0.1, -0.05) is 30.3 Å². The van der Waals surface area contributed by atoms with Crippen LogP contribution in [0.4, 0.5) is 0 Å². The highest BCUT2D eigenvalue weighted by Gasteiger charge is 2.01. The molecule has 1 heterocycles. The van der Waals surface area contributed by atoms with Gasteiger partial charge in [-0.15, -0.1) is 0 Å². The van der Waals surface area contributed by atoms with Crippen molar-refractivity contribution in [1.82, 2.24) is 4.98 Å². The maximum absolute atomic E-state index is 5.66. The number of aromatic nitrogens is 1. The minimum atomic E-state index is 0.541. The van der Waals surface area contributed by atoms with Gasteiger partial charge in [0.05, 0.1) is 0 Å². The van der Waals surface area contributed by atoms with E-state index in [9.17, 15) is 0 Å². The van der Waals surface area contributed by atoms with Crippen LogP contribution < -0.4 is 5.73 Å². The van der Waals surface area contributed by atoms with Crippen LogP contribution in [0.25, 0.3) is 11.1 Å². The largest absolute Gasteiger partial charge is 0.326 e. The summed E-state index contributed by atoms with van der Waals surface area (Å²) in [4.78, 5) is 4.35. The molecule has 2 rings (SSSR count). The Morgan fingerprint density at radius 1 is 1.13 bits per heavy atom. The normalized spacial score (nSPS) is 10.3. The molecule has 0 amide bonds. The molecule has 2 heteroatoms. The highest BCUT2D eigenvalue weighted by atomic mass is 14.7. The Morgan fingerprint density at radius 2 is 1.87 bits per heavy atom. The summed E-state index contributed by atoms with van der Waals surface area (Å²) in [5.41, 5.74) is 10.1. The fourth-order valence-corrected chi connectivity index (χ4v) is 1.57. The lowest BCUT2D eigenvalue weighted by Crippen LogP contribution is -2.01. The summed E-state index contributed by atoms with van der Waals surface area (Å²) in [5, 5.41) is 0. The van der Waals surface area contributed by atoms with Crippen molar-refractivity contribution in [3.8, 4) is 11.1 Å². The molecule has 0 fully saturated rings. The first-order valence-electron chi connectivity index (χ1n) is 5.02. The van der Waals surface area contributed by atoms with Crippen LogP contribution in [0, 0.1) is 6.92 Å². The smallest absolute Gasteiger partial charge is 0.0417 e. The number of aryl methyl sites for hydroxylation is 1. The molecule has 0 saturated heterocycles. The first-order valence-corrected chi connectivity index (χ1v) is 5.02. The Kier molecular flexibility index (Phi) is 2.79. The number of pyridine rings is 1. The van der Waals surface area contributed by atoms with E-state index >= 15 is 0 Å². The van der Waals surface area contributed by atoms with Crippen molar-refractivity contribution in [3.05, 3.63) is 53.9 Å². The van der Waals surface area contributed by atoms with Crippen LogP contribution in [-0.2, 0) is 6.54 Å². The van der Waals surface area contributed by atoms with Crippen LogP contribution in [0.2, 0.25) is 0 Å². The van der Waals surface area contributed by atoms with Gasteiger partial charge in [0.25, 0.3) is 0 Å². The van der Waals surface area contributed by atoms with Crippen molar-refractivity contribution in [2.45, 2.75) is 13.5 Å². The van der Waals surface area contributed by atoms with E-state index in [2.05, 4.69) is 23.2 Å². The van der Waals surface area contributed by atoms with Gasteiger partial charge < -0.3 is 5.73 Å². The van der Waals surface area contributed by atoms with Gasteiger partial charge in [0, 0.05) is 24.0 Å². The second-order valence-electron chi connectivity index (χ2n) is 3.54. The van der Waals surface area contributed by atoms with Crippen LogP contribution >= 0.6 is 0 Å². The van der Waals surface area contributed by atoms with Crippen molar-refractivity contribution >= 4 is 0 Å². The zero-order chi connectivity index (χ0) is 10.7. The molecule has 15 heavy (non-hydrogen) atoms. The molecule has 2 N–H and O–H groups in total. The Labute approximate surface area is 89.8 Å². The van der Waals surface area contributed by atoms with Gasteiger partial charge in [-0.3, -0.25) is 4.98 Å². The molecule has 76 valence electrons. The molecule has 0 atom stereocenters. The number of nitrogens with two attached hydrogens (primary N) is 1. The van der Waals surface area contributed by atoms with E-state index in [0.717, 1.165) is 16.8 Å². The Balaban J connectivity index is 2.46. The second kappa shape index (κ2) is 4.24. The maximum atomic E-state index is 5.66. The van der Waals surface area contributed by atoms with Crippen molar-refractivity contribution in [3.63, 3.8) is 0 Å². The van der Waals surface area contributed by atoms with Gasteiger partial charge in [0.1, 0.15) is 0 Å². The van der Waals surface area contributed by atoms with E-state index in [1.807, 2.05) is 31.3 Å². The first-order chi connectivity index (χ1) is 7.31. The number of hydrogen-bond acceptors (Lipinski definition) is 2. The van der Waals surface area contributed by atoms with E-state index in [4.69, 9.17) is 5.73 Å². The molecule has 0 spiro atoms. The van der Waals surface area contributed by atoms with E-state index in [-0.39, 0.29) is 0 Å². The van der Waals surface area contributed by atoms with Crippen LogP contribution in [0.3, 0.4) is 0 Å². The third-order valence-electron chi connectivity index (χ3n) is 2.52. The predicted molar refractivity (Wildman–Crippen MR) is 62.3 cm³/mol. The van der Waals surface area contributed by atoms with Gasteiger partial charge in [0.2, 0.25) is 0 Å². The molecule has 0 unspecified atom stereocenters. The summed E-state index contributed by atoms with van der Waals surface area (Å²) < 4.78 is 0. The summed E-state index contributed by atoms with van der Waals surface area (Å²) in [6.45, 7) is 2.52. The quantitative estimate of drug-likeness (QED) is 0.805. The highest BCUT2D eigenvalue weighted by molar-refractivity contribution is 5.63. The summed E-state index contributed by atoms with van der Waals surface area (Å²) in [6, 6.07) is 12.3. The molecule has 0 aliphatic rings. The van der Waals surface area contributed by atoms with Gasteiger partial charge in [-0.25, -0.2) is 0 Å². The van der Waals surface area contributed by atoms with Crippen molar-refractivity contribution < 1.29 is 0 Å². The number of benzene rings is 1. The lowest BCUT2D eigenvalue weighted by molar-refractivity contribution is 1.01. The zero-order valence-electron chi connectivity index (χ0n) is 8.77. The molecule has 0 aliphatic heterocycles. The lowest BCUT2D eigenvalue weighted by atomic mass is 10.0. The molecule has 1 aromatic heterocycles. The minimum Gasteiger partial charge on any atom is -0.326 e. The van der Waals surface area contributed by atoms with Crippen molar-refractivity contribution in [1.29, 1.82) is 0 Å². The monoisotopic (exact) mass is 198 g/mol. The molecule has 2 nitrogen and oxygen atoms in total. The first kappa shape index (κ1) is 9.87. The van der Waals surface area contributed by atoms with E-state index < -0.39 is 0 Å². The summed E-state index contributed by atoms with van der Waals surface area (Å²) in [5.74, 6) is 0. The fourth-order valence-electron chi connectivity index (χ4n) is 1.57. The zero-order valence-corrected chi connectivity index (χ0v) is 8.77. The van der Waals surface area contributed by atoms with Crippen LogP contribution in [0.15, 0.2) is 42.6 Å². The van der Waals surface area contributed by atoms with Crippen LogP contribution in [0.1, 0.15) is 11.3 Å². The van der Waals surface area contributed by atoms with Crippen LogP contribution in [0.5, 0.6) is 0 Å². The molecule has 0 bridgehead atoms.